The van der Waals surface area contributed by atoms with E-state index < -0.39 is 0 Å². The van der Waals surface area contributed by atoms with Crippen LogP contribution >= 0.6 is 0 Å². The Labute approximate surface area is 159 Å². The van der Waals surface area contributed by atoms with Gasteiger partial charge in [0.05, 0.1) is 24.3 Å². The zero-order valence-electron chi connectivity index (χ0n) is 15.3. The minimum Gasteiger partial charge on any atom is -0.457 e. The molecule has 1 aliphatic carbocycles. The van der Waals surface area contributed by atoms with Gasteiger partial charge in [0.2, 0.25) is 0 Å². The van der Waals surface area contributed by atoms with Crippen LogP contribution < -0.4 is 10.1 Å². The number of ether oxygens (including phenoxy) is 3. The maximum atomic E-state index is 12.9. The van der Waals surface area contributed by atoms with Crippen LogP contribution in [0.4, 0.5) is 0 Å². The number of para-hydroxylation sites is 2. The Kier molecular flexibility index (Phi) is 5.70. The fourth-order valence-electron chi connectivity index (χ4n) is 3.20. The predicted molar refractivity (Wildman–Crippen MR) is 102 cm³/mol. The van der Waals surface area contributed by atoms with Crippen LogP contribution in [0.25, 0.3) is 0 Å². The Morgan fingerprint density at radius 2 is 1.81 bits per heavy atom. The summed E-state index contributed by atoms with van der Waals surface area (Å²) in [5.41, 5.74) is 0.507. The van der Waals surface area contributed by atoms with Crippen LogP contribution in [0.1, 0.15) is 29.6 Å². The second-order valence-corrected chi connectivity index (χ2v) is 7.17. The minimum atomic E-state index is -0.169. The summed E-state index contributed by atoms with van der Waals surface area (Å²) < 4.78 is 17.5. The lowest BCUT2D eigenvalue weighted by Gasteiger charge is -2.32. The number of amides is 1. The average molecular weight is 367 g/mol. The second-order valence-electron chi connectivity index (χ2n) is 7.17. The summed E-state index contributed by atoms with van der Waals surface area (Å²) in [5, 5.41) is 3.09. The zero-order valence-corrected chi connectivity index (χ0v) is 15.3. The van der Waals surface area contributed by atoms with Crippen LogP contribution in [0, 0.1) is 5.92 Å². The molecule has 2 aromatic carbocycles. The molecule has 1 saturated heterocycles. The van der Waals surface area contributed by atoms with Crippen LogP contribution in [0.3, 0.4) is 0 Å². The second kappa shape index (κ2) is 8.55. The van der Waals surface area contributed by atoms with Crippen molar-refractivity contribution in [1.82, 2.24) is 5.32 Å². The highest BCUT2D eigenvalue weighted by atomic mass is 16.5. The number of carbonyl (C=O) groups is 1. The number of hydrogen-bond donors (Lipinski definition) is 1. The Hall–Kier alpha value is -2.37. The van der Waals surface area contributed by atoms with Gasteiger partial charge in [0, 0.05) is 13.2 Å². The molecule has 1 N–H and O–H groups in total. The molecule has 2 atom stereocenters. The molecule has 1 amide bonds. The van der Waals surface area contributed by atoms with Gasteiger partial charge in [-0.25, -0.2) is 0 Å². The first-order valence-corrected chi connectivity index (χ1v) is 9.62. The summed E-state index contributed by atoms with van der Waals surface area (Å²) >= 11 is 0. The van der Waals surface area contributed by atoms with Gasteiger partial charge in [-0.15, -0.1) is 0 Å². The van der Waals surface area contributed by atoms with Crippen molar-refractivity contribution < 1.29 is 19.0 Å². The third-order valence-corrected chi connectivity index (χ3v) is 4.96. The zero-order chi connectivity index (χ0) is 18.5. The Bertz CT molecular complexity index is 760. The van der Waals surface area contributed by atoms with E-state index in [2.05, 4.69) is 5.32 Å². The van der Waals surface area contributed by atoms with Crippen molar-refractivity contribution in [2.75, 3.05) is 19.8 Å². The lowest BCUT2D eigenvalue weighted by molar-refractivity contribution is -0.0567. The first kappa shape index (κ1) is 18.0. The van der Waals surface area contributed by atoms with Gasteiger partial charge in [-0.2, -0.15) is 0 Å². The molecule has 0 unspecified atom stereocenters. The lowest BCUT2D eigenvalue weighted by atomic mass is 10.1. The highest BCUT2D eigenvalue weighted by molar-refractivity contribution is 5.97. The van der Waals surface area contributed by atoms with Crippen LogP contribution in [0.2, 0.25) is 0 Å². The van der Waals surface area contributed by atoms with E-state index >= 15 is 0 Å². The summed E-state index contributed by atoms with van der Waals surface area (Å²) in [6.45, 7) is 1.93. The molecule has 1 saturated carbocycles. The highest BCUT2D eigenvalue weighted by Gasteiger charge is 2.31. The molecule has 0 radical (unpaired) electrons. The van der Waals surface area contributed by atoms with Gasteiger partial charge in [-0.1, -0.05) is 30.3 Å². The van der Waals surface area contributed by atoms with E-state index in [-0.39, 0.29) is 18.1 Å². The molecule has 0 bridgehead atoms. The molecule has 1 aliphatic heterocycles. The lowest BCUT2D eigenvalue weighted by Crippen LogP contribution is -2.50. The maximum absolute atomic E-state index is 12.9. The third-order valence-electron chi connectivity index (χ3n) is 4.96. The molecule has 5 heteroatoms. The van der Waals surface area contributed by atoms with E-state index in [9.17, 15) is 4.79 Å². The van der Waals surface area contributed by atoms with Crippen molar-refractivity contribution in [2.45, 2.75) is 31.4 Å². The normalized spacial score (nSPS) is 22.2. The predicted octanol–water partition coefficient (Wildman–Crippen LogP) is 3.79. The molecule has 2 aromatic rings. The number of rotatable bonds is 7. The first-order chi connectivity index (χ1) is 13.3. The van der Waals surface area contributed by atoms with E-state index in [4.69, 9.17) is 14.2 Å². The van der Waals surface area contributed by atoms with Gasteiger partial charge in [0.1, 0.15) is 11.5 Å². The smallest absolute Gasteiger partial charge is 0.255 e. The van der Waals surface area contributed by atoms with Crippen molar-refractivity contribution in [1.29, 1.82) is 0 Å². The molecule has 2 aliphatic rings. The van der Waals surface area contributed by atoms with E-state index in [0.717, 1.165) is 13.0 Å². The van der Waals surface area contributed by atoms with Gasteiger partial charge >= 0.3 is 0 Å². The third kappa shape index (κ3) is 4.87. The van der Waals surface area contributed by atoms with E-state index in [1.54, 1.807) is 12.1 Å². The van der Waals surface area contributed by atoms with Gasteiger partial charge < -0.3 is 19.5 Å². The van der Waals surface area contributed by atoms with E-state index in [0.29, 0.717) is 36.2 Å². The number of benzene rings is 2. The highest BCUT2D eigenvalue weighted by Crippen LogP contribution is 2.30. The summed E-state index contributed by atoms with van der Waals surface area (Å²) in [6.07, 6.45) is 3.32. The molecule has 4 rings (SSSR count). The number of hydrogen-bond acceptors (Lipinski definition) is 4. The molecular weight excluding hydrogens is 342 g/mol. The van der Waals surface area contributed by atoms with Crippen molar-refractivity contribution in [2.24, 2.45) is 5.92 Å². The van der Waals surface area contributed by atoms with E-state index in [1.165, 1.54) is 12.8 Å². The van der Waals surface area contributed by atoms with E-state index in [1.807, 2.05) is 42.5 Å². The van der Waals surface area contributed by atoms with Crippen LogP contribution in [0.15, 0.2) is 54.6 Å². The van der Waals surface area contributed by atoms with Gasteiger partial charge in [0.15, 0.2) is 0 Å². The average Bonchev–Trinajstić information content (AvgIpc) is 3.53. The monoisotopic (exact) mass is 367 g/mol. The van der Waals surface area contributed by atoms with Crippen molar-refractivity contribution >= 4 is 5.91 Å². The Morgan fingerprint density at radius 1 is 1.04 bits per heavy atom. The van der Waals surface area contributed by atoms with Crippen molar-refractivity contribution in [3.05, 3.63) is 60.2 Å². The largest absolute Gasteiger partial charge is 0.457 e. The van der Waals surface area contributed by atoms with Crippen molar-refractivity contribution in [3.8, 4) is 11.5 Å². The Balaban J connectivity index is 1.43. The minimum absolute atomic E-state index is 0.00510. The summed E-state index contributed by atoms with van der Waals surface area (Å²) in [7, 11) is 0. The Morgan fingerprint density at radius 3 is 2.63 bits per heavy atom. The molecule has 5 nitrogen and oxygen atoms in total. The molecule has 142 valence electrons. The maximum Gasteiger partial charge on any atom is 0.255 e. The fraction of sp³-hybridized carbons (Fsp3) is 0.409. The molecular formula is C22H25NO4. The summed E-state index contributed by atoms with van der Waals surface area (Å²) in [5.74, 6) is 1.76. The summed E-state index contributed by atoms with van der Waals surface area (Å²) in [6, 6.07) is 16.6. The fourth-order valence-corrected chi connectivity index (χ4v) is 3.20. The molecule has 0 spiro atoms. The topological polar surface area (TPSA) is 56.8 Å². The molecule has 27 heavy (non-hydrogen) atoms. The first-order valence-electron chi connectivity index (χ1n) is 9.62. The molecule has 2 fully saturated rings. The van der Waals surface area contributed by atoms with Crippen LogP contribution in [-0.4, -0.2) is 37.9 Å². The number of nitrogens with one attached hydrogen (secondary N) is 1. The van der Waals surface area contributed by atoms with Crippen LogP contribution in [-0.2, 0) is 9.47 Å². The standard InChI is InChI=1S/C22H25NO4/c24-22(23-19-15-25-13-12-21(19)26-14-16-10-11-16)18-8-4-5-9-20(18)27-17-6-2-1-3-7-17/h1-9,16,19,21H,10-15H2,(H,23,24)/t19-,21+/m1/s1. The van der Waals surface area contributed by atoms with Gasteiger partial charge in [-0.3, -0.25) is 4.79 Å². The van der Waals surface area contributed by atoms with Crippen molar-refractivity contribution in [3.63, 3.8) is 0 Å². The van der Waals surface area contributed by atoms with Gasteiger partial charge in [-0.05, 0) is 49.4 Å². The van der Waals surface area contributed by atoms with Gasteiger partial charge in [0.25, 0.3) is 5.91 Å². The SMILES string of the molecule is O=C(N[C@@H]1COCC[C@@H]1OCC1CC1)c1ccccc1Oc1ccccc1. The molecule has 0 aromatic heterocycles. The van der Waals surface area contributed by atoms with Crippen LogP contribution in [0.5, 0.6) is 11.5 Å². The molecule has 1 heterocycles. The summed E-state index contributed by atoms with van der Waals surface area (Å²) in [4.78, 5) is 12.9. The quantitative estimate of drug-likeness (QED) is 0.809. The number of carbonyl (C=O) groups excluding carboxylic acids is 1.